The maximum atomic E-state index is 13.6. The summed E-state index contributed by atoms with van der Waals surface area (Å²) in [6, 6.07) is 4.99. The Kier molecular flexibility index (Phi) is 3.11. The van der Waals surface area contributed by atoms with Gasteiger partial charge in [0.1, 0.15) is 5.82 Å². The lowest BCUT2D eigenvalue weighted by atomic mass is 9.82. The molecule has 1 saturated carbocycles. The van der Waals surface area contributed by atoms with Crippen LogP contribution in [0, 0.1) is 5.82 Å². The van der Waals surface area contributed by atoms with Crippen LogP contribution in [0.15, 0.2) is 30.4 Å². The average molecular weight is 225 g/mol. The van der Waals surface area contributed by atoms with Crippen molar-refractivity contribution in [2.45, 2.75) is 31.6 Å². The summed E-state index contributed by atoms with van der Waals surface area (Å²) >= 11 is 5.72. The topological polar surface area (TPSA) is 0 Å². The van der Waals surface area contributed by atoms with Crippen LogP contribution in [-0.4, -0.2) is 0 Å². The lowest BCUT2D eigenvalue weighted by Crippen LogP contribution is -2.07. The molecule has 2 heteroatoms. The predicted molar refractivity (Wildman–Crippen MR) is 61.8 cm³/mol. The van der Waals surface area contributed by atoms with Crippen molar-refractivity contribution in [1.82, 2.24) is 0 Å². The van der Waals surface area contributed by atoms with Crippen LogP contribution in [0.2, 0.25) is 5.02 Å². The molecule has 0 saturated heterocycles. The Hall–Kier alpha value is -0.820. The molecule has 1 aromatic rings. The van der Waals surface area contributed by atoms with Crippen LogP contribution >= 0.6 is 11.6 Å². The largest absolute Gasteiger partial charge is 0.207 e. The molecule has 0 N–H and O–H groups in total. The van der Waals surface area contributed by atoms with Crippen molar-refractivity contribution in [3.63, 3.8) is 0 Å². The van der Waals surface area contributed by atoms with Crippen LogP contribution in [0.4, 0.5) is 4.39 Å². The third-order valence-corrected chi connectivity index (χ3v) is 3.33. The number of hydrogen-bond donors (Lipinski definition) is 0. The highest BCUT2D eigenvalue weighted by atomic mass is 35.5. The van der Waals surface area contributed by atoms with Crippen molar-refractivity contribution in [3.8, 4) is 0 Å². The SMILES string of the molecule is C=C1CCC(c2ccc(Cl)cc2F)CC1. The highest BCUT2D eigenvalue weighted by molar-refractivity contribution is 6.30. The Balaban J connectivity index is 2.19. The van der Waals surface area contributed by atoms with E-state index in [1.807, 2.05) is 6.07 Å². The molecular formula is C13H14ClF. The number of halogens is 2. The van der Waals surface area contributed by atoms with Crippen molar-refractivity contribution >= 4 is 11.6 Å². The Bertz CT molecular complexity index is 374. The summed E-state index contributed by atoms with van der Waals surface area (Å²) in [6.07, 6.45) is 4.06. The number of benzene rings is 1. The summed E-state index contributed by atoms with van der Waals surface area (Å²) in [5.74, 6) is 0.174. The Labute approximate surface area is 94.8 Å². The first kappa shape index (κ1) is 10.7. The van der Waals surface area contributed by atoms with E-state index in [4.69, 9.17) is 11.6 Å². The molecule has 0 atom stereocenters. The molecule has 2 rings (SSSR count). The summed E-state index contributed by atoms with van der Waals surface area (Å²) in [6.45, 7) is 3.96. The average Bonchev–Trinajstić information content (AvgIpc) is 2.20. The minimum atomic E-state index is -0.167. The Morgan fingerprint density at radius 2 is 1.93 bits per heavy atom. The van der Waals surface area contributed by atoms with Crippen LogP contribution in [-0.2, 0) is 0 Å². The second-order valence-electron chi connectivity index (χ2n) is 4.19. The van der Waals surface area contributed by atoms with Crippen molar-refractivity contribution in [2.24, 2.45) is 0 Å². The van der Waals surface area contributed by atoms with E-state index >= 15 is 0 Å². The summed E-state index contributed by atoms with van der Waals surface area (Å²) in [4.78, 5) is 0. The van der Waals surface area contributed by atoms with Gasteiger partial charge in [-0.15, -0.1) is 0 Å². The second kappa shape index (κ2) is 4.36. The van der Waals surface area contributed by atoms with Gasteiger partial charge in [0.2, 0.25) is 0 Å². The first-order valence-corrected chi connectivity index (χ1v) is 5.66. The van der Waals surface area contributed by atoms with E-state index in [0.717, 1.165) is 31.2 Å². The summed E-state index contributed by atoms with van der Waals surface area (Å²) in [5, 5.41) is 0.469. The number of rotatable bonds is 1. The molecule has 0 aromatic heterocycles. The molecule has 0 aliphatic heterocycles. The monoisotopic (exact) mass is 224 g/mol. The quantitative estimate of drug-likeness (QED) is 0.607. The molecule has 80 valence electrons. The zero-order valence-corrected chi connectivity index (χ0v) is 9.36. The standard InChI is InChI=1S/C13H14ClF/c1-9-2-4-10(5-3-9)12-7-6-11(14)8-13(12)15/h6-8,10H,1-5H2. The minimum Gasteiger partial charge on any atom is -0.207 e. The highest BCUT2D eigenvalue weighted by Crippen LogP contribution is 2.36. The van der Waals surface area contributed by atoms with E-state index in [1.54, 1.807) is 6.07 Å². The van der Waals surface area contributed by atoms with E-state index in [-0.39, 0.29) is 5.82 Å². The molecular weight excluding hydrogens is 211 g/mol. The van der Waals surface area contributed by atoms with Gasteiger partial charge in [-0.2, -0.15) is 0 Å². The van der Waals surface area contributed by atoms with Gasteiger partial charge in [0.05, 0.1) is 0 Å². The zero-order chi connectivity index (χ0) is 10.8. The summed E-state index contributed by atoms with van der Waals surface area (Å²) < 4.78 is 13.6. The van der Waals surface area contributed by atoms with Crippen LogP contribution in [0.1, 0.15) is 37.2 Å². The smallest absolute Gasteiger partial charge is 0.128 e. The third-order valence-electron chi connectivity index (χ3n) is 3.10. The van der Waals surface area contributed by atoms with Gasteiger partial charge >= 0.3 is 0 Å². The first-order chi connectivity index (χ1) is 7.16. The maximum Gasteiger partial charge on any atom is 0.128 e. The van der Waals surface area contributed by atoms with E-state index in [0.29, 0.717) is 10.9 Å². The molecule has 0 amide bonds. The molecule has 0 spiro atoms. The fraction of sp³-hybridized carbons (Fsp3) is 0.385. The molecule has 1 aromatic carbocycles. The van der Waals surface area contributed by atoms with Gasteiger partial charge in [0.15, 0.2) is 0 Å². The predicted octanol–water partition coefficient (Wildman–Crippen LogP) is 4.69. The highest BCUT2D eigenvalue weighted by Gasteiger charge is 2.20. The molecule has 1 aliphatic carbocycles. The van der Waals surface area contributed by atoms with Gasteiger partial charge in [-0.05, 0) is 49.3 Å². The molecule has 15 heavy (non-hydrogen) atoms. The van der Waals surface area contributed by atoms with Gasteiger partial charge in [-0.25, -0.2) is 4.39 Å². The van der Waals surface area contributed by atoms with E-state index in [9.17, 15) is 4.39 Å². The van der Waals surface area contributed by atoms with Crippen molar-refractivity contribution in [3.05, 3.63) is 46.8 Å². The molecule has 0 bridgehead atoms. The normalized spacial score (nSPS) is 18.1. The van der Waals surface area contributed by atoms with Crippen LogP contribution in [0.25, 0.3) is 0 Å². The molecule has 1 aliphatic rings. The Morgan fingerprint density at radius 3 is 2.53 bits per heavy atom. The van der Waals surface area contributed by atoms with Gasteiger partial charge in [-0.3, -0.25) is 0 Å². The van der Waals surface area contributed by atoms with Gasteiger partial charge in [0.25, 0.3) is 0 Å². The molecule has 1 fully saturated rings. The molecule has 0 unspecified atom stereocenters. The lowest BCUT2D eigenvalue weighted by Gasteiger charge is -2.24. The van der Waals surface area contributed by atoms with E-state index in [1.165, 1.54) is 11.6 Å². The second-order valence-corrected chi connectivity index (χ2v) is 4.63. The minimum absolute atomic E-state index is 0.167. The van der Waals surface area contributed by atoms with Crippen molar-refractivity contribution in [2.75, 3.05) is 0 Å². The van der Waals surface area contributed by atoms with Gasteiger partial charge in [0, 0.05) is 5.02 Å². The summed E-state index contributed by atoms with van der Waals surface area (Å²) in [7, 11) is 0. The first-order valence-electron chi connectivity index (χ1n) is 5.28. The van der Waals surface area contributed by atoms with Gasteiger partial charge in [-0.1, -0.05) is 29.8 Å². The summed E-state index contributed by atoms with van der Waals surface area (Å²) in [5.41, 5.74) is 2.10. The van der Waals surface area contributed by atoms with Crippen LogP contribution < -0.4 is 0 Å². The van der Waals surface area contributed by atoms with E-state index in [2.05, 4.69) is 6.58 Å². The fourth-order valence-electron chi connectivity index (χ4n) is 2.17. The molecule has 0 radical (unpaired) electrons. The zero-order valence-electron chi connectivity index (χ0n) is 8.60. The van der Waals surface area contributed by atoms with Crippen LogP contribution in [0.5, 0.6) is 0 Å². The number of allylic oxidation sites excluding steroid dienone is 1. The fourth-order valence-corrected chi connectivity index (χ4v) is 2.33. The molecule has 0 nitrogen and oxygen atoms in total. The van der Waals surface area contributed by atoms with Gasteiger partial charge < -0.3 is 0 Å². The Morgan fingerprint density at radius 1 is 1.27 bits per heavy atom. The van der Waals surface area contributed by atoms with Crippen molar-refractivity contribution in [1.29, 1.82) is 0 Å². The maximum absolute atomic E-state index is 13.6. The van der Waals surface area contributed by atoms with Crippen LogP contribution in [0.3, 0.4) is 0 Å². The van der Waals surface area contributed by atoms with E-state index < -0.39 is 0 Å². The molecule has 0 heterocycles. The lowest BCUT2D eigenvalue weighted by molar-refractivity contribution is 0.490. The van der Waals surface area contributed by atoms with Crippen molar-refractivity contribution < 1.29 is 4.39 Å². The number of hydrogen-bond acceptors (Lipinski definition) is 0. The third kappa shape index (κ3) is 2.40.